The maximum Gasteiger partial charge on any atom is 0.0493 e. The molecule has 3 atom stereocenters. The fourth-order valence-corrected chi connectivity index (χ4v) is 4.60. The van der Waals surface area contributed by atoms with Crippen molar-refractivity contribution in [2.75, 3.05) is 6.61 Å². The molecule has 0 aromatic heterocycles. The third kappa shape index (κ3) is 1.99. The zero-order chi connectivity index (χ0) is 12.8. The van der Waals surface area contributed by atoms with Gasteiger partial charge in [-0.2, -0.15) is 0 Å². The number of fused-ring (bicyclic) bond motifs is 2. The van der Waals surface area contributed by atoms with Crippen molar-refractivity contribution < 1.29 is 5.11 Å². The molecular formula is C17H24O. The standard InChI is InChI=1S/C17H24O/c1-12-5-13(2)7-15(6-12)10-17(11-18)9-14-3-4-16(17)8-14/h5-7,14,16,18H,3-4,8-11H2,1-2H3. The number of aliphatic hydroxyl groups is 1. The fourth-order valence-electron chi connectivity index (χ4n) is 4.60. The van der Waals surface area contributed by atoms with Gasteiger partial charge in [0.05, 0.1) is 0 Å². The highest BCUT2D eigenvalue weighted by molar-refractivity contribution is 5.30. The molecule has 0 amide bonds. The molecule has 2 saturated carbocycles. The zero-order valence-corrected chi connectivity index (χ0v) is 11.6. The Morgan fingerprint density at radius 3 is 2.39 bits per heavy atom. The van der Waals surface area contributed by atoms with Gasteiger partial charge in [-0.3, -0.25) is 0 Å². The van der Waals surface area contributed by atoms with Gasteiger partial charge < -0.3 is 5.11 Å². The van der Waals surface area contributed by atoms with Gasteiger partial charge in [0.25, 0.3) is 0 Å². The van der Waals surface area contributed by atoms with Crippen molar-refractivity contribution in [3.05, 3.63) is 34.9 Å². The SMILES string of the molecule is Cc1cc(C)cc(CC2(CO)CC3CCC2C3)c1. The number of hydrogen-bond acceptors (Lipinski definition) is 1. The first-order valence-electron chi connectivity index (χ1n) is 7.29. The third-order valence-corrected chi connectivity index (χ3v) is 5.26. The summed E-state index contributed by atoms with van der Waals surface area (Å²) in [6, 6.07) is 6.84. The molecular weight excluding hydrogens is 220 g/mol. The van der Waals surface area contributed by atoms with Crippen LogP contribution in [-0.4, -0.2) is 11.7 Å². The monoisotopic (exact) mass is 244 g/mol. The lowest BCUT2D eigenvalue weighted by Gasteiger charge is -2.36. The summed E-state index contributed by atoms with van der Waals surface area (Å²) in [6.07, 6.45) is 6.44. The minimum absolute atomic E-state index is 0.198. The Hall–Kier alpha value is -0.820. The van der Waals surface area contributed by atoms with Gasteiger partial charge in [0.2, 0.25) is 0 Å². The number of benzene rings is 1. The van der Waals surface area contributed by atoms with E-state index in [0.29, 0.717) is 6.61 Å². The lowest BCUT2D eigenvalue weighted by Crippen LogP contribution is -2.34. The summed E-state index contributed by atoms with van der Waals surface area (Å²) in [5.41, 5.74) is 4.32. The Morgan fingerprint density at radius 1 is 1.17 bits per heavy atom. The quantitative estimate of drug-likeness (QED) is 0.860. The molecule has 0 aliphatic heterocycles. The molecule has 98 valence electrons. The van der Waals surface area contributed by atoms with Gasteiger partial charge in [-0.15, -0.1) is 0 Å². The van der Waals surface area contributed by atoms with Gasteiger partial charge in [-0.25, -0.2) is 0 Å². The van der Waals surface area contributed by atoms with Crippen LogP contribution < -0.4 is 0 Å². The Bertz CT molecular complexity index is 431. The van der Waals surface area contributed by atoms with Crippen molar-refractivity contribution in [2.45, 2.75) is 46.0 Å². The Kier molecular flexibility index (Phi) is 2.97. The highest BCUT2D eigenvalue weighted by Crippen LogP contribution is 2.57. The summed E-state index contributed by atoms with van der Waals surface area (Å²) in [6.45, 7) is 4.72. The van der Waals surface area contributed by atoms with E-state index in [-0.39, 0.29) is 5.41 Å². The first-order chi connectivity index (χ1) is 8.61. The van der Waals surface area contributed by atoms with E-state index in [1.807, 2.05) is 0 Å². The molecule has 2 fully saturated rings. The fraction of sp³-hybridized carbons (Fsp3) is 0.647. The normalized spacial score (nSPS) is 34.2. The highest BCUT2D eigenvalue weighted by Gasteiger charge is 2.50. The van der Waals surface area contributed by atoms with Crippen molar-refractivity contribution in [1.82, 2.24) is 0 Å². The largest absolute Gasteiger partial charge is 0.396 e. The van der Waals surface area contributed by atoms with Crippen LogP contribution in [0.25, 0.3) is 0 Å². The summed E-state index contributed by atoms with van der Waals surface area (Å²) in [5, 5.41) is 9.94. The minimum Gasteiger partial charge on any atom is -0.396 e. The van der Waals surface area contributed by atoms with Crippen molar-refractivity contribution >= 4 is 0 Å². The average molecular weight is 244 g/mol. The third-order valence-electron chi connectivity index (χ3n) is 5.26. The predicted octanol–water partition coefficient (Wildman–Crippen LogP) is 3.64. The van der Waals surface area contributed by atoms with Crippen LogP contribution in [0.5, 0.6) is 0 Å². The molecule has 3 rings (SSSR count). The van der Waals surface area contributed by atoms with E-state index in [4.69, 9.17) is 0 Å². The van der Waals surface area contributed by atoms with E-state index < -0.39 is 0 Å². The smallest absolute Gasteiger partial charge is 0.0493 e. The molecule has 18 heavy (non-hydrogen) atoms. The molecule has 2 aliphatic carbocycles. The van der Waals surface area contributed by atoms with Crippen molar-refractivity contribution in [3.63, 3.8) is 0 Å². The lowest BCUT2D eigenvalue weighted by molar-refractivity contribution is 0.0651. The molecule has 1 heteroatoms. The van der Waals surface area contributed by atoms with Crippen LogP contribution in [-0.2, 0) is 6.42 Å². The summed E-state index contributed by atoms with van der Waals surface area (Å²) in [4.78, 5) is 0. The van der Waals surface area contributed by atoms with Crippen LogP contribution in [0.15, 0.2) is 18.2 Å². The molecule has 1 N–H and O–H groups in total. The molecule has 1 nitrogen and oxygen atoms in total. The van der Waals surface area contributed by atoms with E-state index in [9.17, 15) is 5.11 Å². The summed E-state index contributed by atoms with van der Waals surface area (Å²) < 4.78 is 0. The molecule has 3 unspecified atom stereocenters. The van der Waals surface area contributed by atoms with Crippen molar-refractivity contribution in [1.29, 1.82) is 0 Å². The number of aryl methyl sites for hydroxylation is 2. The van der Waals surface area contributed by atoms with Crippen molar-refractivity contribution in [3.8, 4) is 0 Å². The van der Waals surface area contributed by atoms with Gasteiger partial charge in [-0.05, 0) is 56.9 Å². The molecule has 0 saturated heterocycles. The molecule has 0 heterocycles. The van der Waals surface area contributed by atoms with Crippen molar-refractivity contribution in [2.24, 2.45) is 17.3 Å². The molecule has 1 aromatic rings. The second-order valence-electron chi connectivity index (χ2n) is 6.77. The van der Waals surface area contributed by atoms with Crippen LogP contribution in [0.4, 0.5) is 0 Å². The highest BCUT2D eigenvalue weighted by atomic mass is 16.3. The van der Waals surface area contributed by atoms with Gasteiger partial charge in [0.15, 0.2) is 0 Å². The van der Waals surface area contributed by atoms with E-state index >= 15 is 0 Å². The Balaban J connectivity index is 1.86. The first kappa shape index (κ1) is 12.2. The number of aliphatic hydroxyl groups excluding tert-OH is 1. The van der Waals surface area contributed by atoms with Crippen LogP contribution in [0.3, 0.4) is 0 Å². The second-order valence-corrected chi connectivity index (χ2v) is 6.77. The second kappa shape index (κ2) is 4.38. The summed E-state index contributed by atoms with van der Waals surface area (Å²) in [7, 11) is 0. The van der Waals surface area contributed by atoms with Gasteiger partial charge >= 0.3 is 0 Å². The summed E-state index contributed by atoms with van der Waals surface area (Å²) in [5.74, 6) is 1.67. The van der Waals surface area contributed by atoms with Crippen LogP contribution in [0.1, 0.15) is 42.4 Å². The van der Waals surface area contributed by atoms with Crippen LogP contribution >= 0.6 is 0 Å². The molecule has 0 spiro atoms. The van der Waals surface area contributed by atoms with Crippen LogP contribution in [0.2, 0.25) is 0 Å². The number of hydrogen-bond donors (Lipinski definition) is 1. The van der Waals surface area contributed by atoms with E-state index in [0.717, 1.165) is 18.3 Å². The molecule has 2 aliphatic rings. The minimum atomic E-state index is 0.198. The maximum atomic E-state index is 9.94. The first-order valence-corrected chi connectivity index (χ1v) is 7.29. The predicted molar refractivity (Wildman–Crippen MR) is 74.6 cm³/mol. The number of rotatable bonds is 3. The van der Waals surface area contributed by atoms with Gasteiger partial charge in [0.1, 0.15) is 0 Å². The van der Waals surface area contributed by atoms with Gasteiger partial charge in [0, 0.05) is 12.0 Å². The molecule has 2 bridgehead atoms. The van der Waals surface area contributed by atoms with E-state index in [1.165, 1.54) is 42.4 Å². The van der Waals surface area contributed by atoms with Crippen LogP contribution in [0, 0.1) is 31.1 Å². The summed E-state index contributed by atoms with van der Waals surface area (Å²) >= 11 is 0. The zero-order valence-electron chi connectivity index (χ0n) is 11.6. The topological polar surface area (TPSA) is 20.2 Å². The maximum absolute atomic E-state index is 9.94. The molecule has 0 radical (unpaired) electrons. The average Bonchev–Trinajstić information content (AvgIpc) is 2.88. The van der Waals surface area contributed by atoms with E-state index in [2.05, 4.69) is 32.0 Å². The Labute approximate surface area is 110 Å². The lowest BCUT2D eigenvalue weighted by atomic mass is 9.70. The Morgan fingerprint density at radius 2 is 1.89 bits per heavy atom. The molecule has 1 aromatic carbocycles. The van der Waals surface area contributed by atoms with Gasteiger partial charge in [-0.1, -0.05) is 35.7 Å². The van der Waals surface area contributed by atoms with E-state index in [1.54, 1.807) is 0 Å².